The van der Waals surface area contributed by atoms with Crippen molar-refractivity contribution in [3.8, 4) is 0 Å². The van der Waals surface area contributed by atoms with Crippen LogP contribution in [0.3, 0.4) is 0 Å². The molecule has 0 heteroatoms. The fourth-order valence-electron chi connectivity index (χ4n) is 3.57. The minimum atomic E-state index is 0.864. The molecule has 1 fully saturated rings. The lowest BCUT2D eigenvalue weighted by Gasteiger charge is -2.27. The largest absolute Gasteiger partial charge is 0.0651 e. The van der Waals surface area contributed by atoms with Gasteiger partial charge in [-0.2, -0.15) is 0 Å². The van der Waals surface area contributed by atoms with Crippen molar-refractivity contribution in [3.63, 3.8) is 0 Å². The first kappa shape index (κ1) is 13.1. The highest BCUT2D eigenvalue weighted by molar-refractivity contribution is 4.94. The molecule has 0 aromatic carbocycles. The Morgan fingerprint density at radius 3 is 1.93 bits per heavy atom. The number of hydrogen-bond acceptors (Lipinski definition) is 0. The smallest absolute Gasteiger partial charge is 0.0352 e. The fraction of sp³-hybridized carbons (Fsp3) is 1.00. The van der Waals surface area contributed by atoms with E-state index in [0.29, 0.717) is 0 Å². The molecule has 0 radical (unpaired) electrons. The molecule has 0 aromatic rings. The molecule has 1 aliphatic rings. The lowest BCUT2D eigenvalue weighted by atomic mass is 9.78. The second-order valence-electron chi connectivity index (χ2n) is 6.12. The van der Waals surface area contributed by atoms with Gasteiger partial charge in [-0.1, -0.05) is 54.4 Å². The monoisotopic (exact) mass is 210 g/mol. The minimum Gasteiger partial charge on any atom is -0.0651 e. The van der Waals surface area contributed by atoms with Crippen LogP contribution in [0, 0.1) is 35.5 Å². The van der Waals surface area contributed by atoms with Crippen LogP contribution in [0.15, 0.2) is 0 Å². The van der Waals surface area contributed by atoms with Gasteiger partial charge >= 0.3 is 0 Å². The predicted octanol–water partition coefficient (Wildman–Crippen LogP) is 4.99. The van der Waals surface area contributed by atoms with Crippen molar-refractivity contribution in [3.05, 3.63) is 0 Å². The van der Waals surface area contributed by atoms with Crippen molar-refractivity contribution in [2.24, 2.45) is 35.5 Å². The average molecular weight is 210 g/mol. The van der Waals surface area contributed by atoms with E-state index in [9.17, 15) is 0 Å². The van der Waals surface area contributed by atoms with E-state index in [2.05, 4.69) is 41.5 Å². The van der Waals surface area contributed by atoms with E-state index < -0.39 is 0 Å². The first-order valence-corrected chi connectivity index (χ1v) is 7.02. The molecule has 0 aliphatic heterocycles. The van der Waals surface area contributed by atoms with Crippen LogP contribution in [0.25, 0.3) is 0 Å². The van der Waals surface area contributed by atoms with Gasteiger partial charge in [0.2, 0.25) is 0 Å². The topological polar surface area (TPSA) is 0 Å². The van der Waals surface area contributed by atoms with Crippen LogP contribution in [-0.4, -0.2) is 0 Å². The highest BCUT2D eigenvalue weighted by Crippen LogP contribution is 2.53. The standard InChI is InChI=1S/C15H30/c1-7-11(5)14-9-15(14)12(6)13(8-2)10(3)4/h10-15H,7-9H2,1-6H3. The van der Waals surface area contributed by atoms with Gasteiger partial charge in [0.15, 0.2) is 0 Å². The zero-order valence-corrected chi connectivity index (χ0v) is 11.6. The highest BCUT2D eigenvalue weighted by atomic mass is 14.5. The number of rotatable bonds is 6. The molecule has 0 nitrogen and oxygen atoms in total. The molecule has 90 valence electrons. The van der Waals surface area contributed by atoms with Crippen LogP contribution in [0.2, 0.25) is 0 Å². The summed E-state index contributed by atoms with van der Waals surface area (Å²) in [4.78, 5) is 0. The van der Waals surface area contributed by atoms with Crippen LogP contribution >= 0.6 is 0 Å². The summed E-state index contributed by atoms with van der Waals surface area (Å²) in [6.45, 7) is 14.4. The molecule has 15 heavy (non-hydrogen) atoms. The summed E-state index contributed by atoms with van der Waals surface area (Å²) in [5.74, 6) is 5.83. The molecule has 0 N–H and O–H groups in total. The molecule has 5 unspecified atom stereocenters. The molecule has 0 bridgehead atoms. The Morgan fingerprint density at radius 2 is 1.53 bits per heavy atom. The highest BCUT2D eigenvalue weighted by Gasteiger charge is 2.45. The first-order valence-electron chi connectivity index (χ1n) is 7.02. The van der Waals surface area contributed by atoms with Crippen molar-refractivity contribution in [1.29, 1.82) is 0 Å². The summed E-state index contributed by atoms with van der Waals surface area (Å²) in [6, 6.07) is 0. The van der Waals surface area contributed by atoms with E-state index in [0.717, 1.165) is 35.5 Å². The summed E-state index contributed by atoms with van der Waals surface area (Å²) in [7, 11) is 0. The maximum Gasteiger partial charge on any atom is -0.0352 e. The molecule has 0 saturated heterocycles. The summed E-state index contributed by atoms with van der Waals surface area (Å²) in [5.41, 5.74) is 0. The Hall–Kier alpha value is 0. The summed E-state index contributed by atoms with van der Waals surface area (Å²) in [6.07, 6.45) is 4.24. The fourth-order valence-corrected chi connectivity index (χ4v) is 3.57. The molecule has 0 heterocycles. The average Bonchev–Trinajstić information content (AvgIpc) is 2.96. The van der Waals surface area contributed by atoms with Crippen molar-refractivity contribution in [1.82, 2.24) is 0 Å². The normalized spacial score (nSPS) is 31.4. The first-order chi connectivity index (χ1) is 7.02. The molecular weight excluding hydrogens is 180 g/mol. The lowest BCUT2D eigenvalue weighted by Crippen LogP contribution is -2.20. The van der Waals surface area contributed by atoms with Gasteiger partial charge in [0, 0.05) is 0 Å². The van der Waals surface area contributed by atoms with Crippen LogP contribution in [0.5, 0.6) is 0 Å². The van der Waals surface area contributed by atoms with E-state index >= 15 is 0 Å². The Kier molecular flexibility index (Phi) is 4.67. The third-order valence-electron chi connectivity index (χ3n) is 4.94. The molecule has 1 saturated carbocycles. The molecular formula is C15H30. The Bertz CT molecular complexity index is 182. The molecule has 5 atom stereocenters. The third-order valence-corrected chi connectivity index (χ3v) is 4.94. The van der Waals surface area contributed by atoms with Gasteiger partial charge in [-0.15, -0.1) is 0 Å². The van der Waals surface area contributed by atoms with Crippen molar-refractivity contribution in [2.75, 3.05) is 0 Å². The van der Waals surface area contributed by atoms with E-state index in [1.807, 2.05) is 0 Å². The van der Waals surface area contributed by atoms with Gasteiger partial charge in [-0.05, 0) is 41.9 Å². The summed E-state index contributed by atoms with van der Waals surface area (Å²) < 4.78 is 0. The van der Waals surface area contributed by atoms with Crippen molar-refractivity contribution < 1.29 is 0 Å². The molecule has 1 rings (SSSR count). The molecule has 0 amide bonds. The van der Waals surface area contributed by atoms with Gasteiger partial charge in [0.1, 0.15) is 0 Å². The maximum absolute atomic E-state index is 2.50. The second-order valence-corrected chi connectivity index (χ2v) is 6.12. The van der Waals surface area contributed by atoms with Gasteiger partial charge in [0.25, 0.3) is 0 Å². The quantitative estimate of drug-likeness (QED) is 0.579. The van der Waals surface area contributed by atoms with E-state index in [4.69, 9.17) is 0 Å². The predicted molar refractivity (Wildman–Crippen MR) is 68.8 cm³/mol. The van der Waals surface area contributed by atoms with Crippen LogP contribution < -0.4 is 0 Å². The van der Waals surface area contributed by atoms with Crippen LogP contribution in [0.4, 0.5) is 0 Å². The lowest BCUT2D eigenvalue weighted by molar-refractivity contribution is 0.221. The summed E-state index contributed by atoms with van der Waals surface area (Å²) in [5, 5.41) is 0. The zero-order valence-electron chi connectivity index (χ0n) is 11.6. The zero-order chi connectivity index (χ0) is 11.6. The second kappa shape index (κ2) is 5.37. The Labute approximate surface area is 96.8 Å². The van der Waals surface area contributed by atoms with Gasteiger partial charge in [-0.25, -0.2) is 0 Å². The Balaban J connectivity index is 2.45. The SMILES string of the molecule is CCC(C)C1CC1C(C)C(CC)C(C)C. The van der Waals surface area contributed by atoms with Crippen LogP contribution in [-0.2, 0) is 0 Å². The summed E-state index contributed by atoms with van der Waals surface area (Å²) >= 11 is 0. The van der Waals surface area contributed by atoms with Gasteiger partial charge < -0.3 is 0 Å². The Morgan fingerprint density at radius 1 is 0.933 bits per heavy atom. The molecule has 0 spiro atoms. The van der Waals surface area contributed by atoms with E-state index in [-0.39, 0.29) is 0 Å². The van der Waals surface area contributed by atoms with E-state index in [1.54, 1.807) is 0 Å². The molecule has 0 aromatic heterocycles. The van der Waals surface area contributed by atoms with Crippen molar-refractivity contribution >= 4 is 0 Å². The van der Waals surface area contributed by atoms with Gasteiger partial charge in [0.05, 0.1) is 0 Å². The van der Waals surface area contributed by atoms with Crippen LogP contribution in [0.1, 0.15) is 60.8 Å². The van der Waals surface area contributed by atoms with E-state index in [1.165, 1.54) is 19.3 Å². The van der Waals surface area contributed by atoms with Gasteiger partial charge in [-0.3, -0.25) is 0 Å². The third kappa shape index (κ3) is 2.98. The number of hydrogen-bond donors (Lipinski definition) is 0. The molecule has 1 aliphatic carbocycles. The maximum atomic E-state index is 2.50. The van der Waals surface area contributed by atoms with Crippen molar-refractivity contribution in [2.45, 2.75) is 60.8 Å². The minimum absolute atomic E-state index is 0.864.